The molecule has 2 aromatic heterocycles. The largest absolute Gasteiger partial charge is 0.370 e. The topological polar surface area (TPSA) is 62.7 Å². The molecule has 0 amide bonds. The maximum Gasteiger partial charge on any atom is 0.132 e. The molecule has 0 aromatic carbocycles. The molecule has 0 bridgehead atoms. The van der Waals surface area contributed by atoms with Crippen LogP contribution in [0.2, 0.25) is 0 Å². The van der Waals surface area contributed by atoms with E-state index in [2.05, 4.69) is 46.4 Å². The molecular formula is C15H23N5S. The highest BCUT2D eigenvalue weighted by Crippen LogP contribution is 2.19. The maximum atomic E-state index is 4.53. The second kappa shape index (κ2) is 7.93. The van der Waals surface area contributed by atoms with Gasteiger partial charge in [-0.1, -0.05) is 20.8 Å². The Morgan fingerprint density at radius 1 is 1.19 bits per heavy atom. The molecule has 0 saturated heterocycles. The van der Waals surface area contributed by atoms with E-state index in [-0.39, 0.29) is 0 Å². The fourth-order valence-electron chi connectivity index (χ4n) is 1.91. The zero-order valence-corrected chi connectivity index (χ0v) is 13.7. The summed E-state index contributed by atoms with van der Waals surface area (Å²) in [4.78, 5) is 13.4. The van der Waals surface area contributed by atoms with Gasteiger partial charge in [-0.3, -0.25) is 0 Å². The van der Waals surface area contributed by atoms with E-state index < -0.39 is 0 Å². The van der Waals surface area contributed by atoms with E-state index in [0.29, 0.717) is 5.92 Å². The summed E-state index contributed by atoms with van der Waals surface area (Å²) in [5.74, 6) is 3.01. The Bertz CT molecular complexity index is 541. The van der Waals surface area contributed by atoms with Crippen LogP contribution < -0.4 is 10.6 Å². The second-order valence-corrected chi connectivity index (χ2v) is 5.91. The van der Waals surface area contributed by atoms with E-state index in [1.807, 2.05) is 17.6 Å². The first-order chi connectivity index (χ1) is 10.2. The Labute approximate surface area is 130 Å². The molecule has 2 rings (SSSR count). The van der Waals surface area contributed by atoms with Crippen LogP contribution in [0.4, 0.5) is 11.6 Å². The van der Waals surface area contributed by atoms with Crippen molar-refractivity contribution in [2.75, 3.05) is 23.7 Å². The van der Waals surface area contributed by atoms with Gasteiger partial charge < -0.3 is 10.6 Å². The van der Waals surface area contributed by atoms with Crippen LogP contribution >= 0.6 is 11.3 Å². The lowest BCUT2D eigenvalue weighted by Crippen LogP contribution is -2.13. The standard InChI is InChI=1S/C15H23N5S/c1-4-6-16-13-9-14(20-12(5-2)19-13)18-10-11(3)15-17-7-8-21-15/h7-9,11H,4-6,10H2,1-3H3,(H2,16,18,19,20). The van der Waals surface area contributed by atoms with Gasteiger partial charge in [-0.15, -0.1) is 11.3 Å². The highest BCUT2D eigenvalue weighted by molar-refractivity contribution is 7.09. The van der Waals surface area contributed by atoms with Gasteiger partial charge in [0.25, 0.3) is 0 Å². The fraction of sp³-hybridized carbons (Fsp3) is 0.533. The smallest absolute Gasteiger partial charge is 0.132 e. The van der Waals surface area contributed by atoms with Crippen LogP contribution in [0.1, 0.15) is 43.9 Å². The van der Waals surface area contributed by atoms with Crippen LogP contribution in [0.15, 0.2) is 17.6 Å². The molecule has 2 aromatic rings. The summed E-state index contributed by atoms with van der Waals surface area (Å²) >= 11 is 1.69. The monoisotopic (exact) mass is 305 g/mol. The van der Waals surface area contributed by atoms with Gasteiger partial charge >= 0.3 is 0 Å². The normalized spacial score (nSPS) is 12.1. The molecule has 2 N–H and O–H groups in total. The summed E-state index contributed by atoms with van der Waals surface area (Å²) in [6, 6.07) is 1.98. The Balaban J connectivity index is 2.01. The molecule has 1 unspecified atom stereocenters. The Morgan fingerprint density at radius 2 is 1.95 bits per heavy atom. The predicted molar refractivity (Wildman–Crippen MR) is 89.2 cm³/mol. The number of hydrogen-bond donors (Lipinski definition) is 2. The van der Waals surface area contributed by atoms with Gasteiger partial charge in [0.15, 0.2) is 0 Å². The number of rotatable bonds is 8. The molecule has 0 aliphatic heterocycles. The van der Waals surface area contributed by atoms with Crippen LogP contribution in [0, 0.1) is 0 Å². The third kappa shape index (κ3) is 4.67. The van der Waals surface area contributed by atoms with E-state index in [4.69, 9.17) is 0 Å². The van der Waals surface area contributed by atoms with Crippen LogP contribution in [-0.2, 0) is 6.42 Å². The molecule has 5 nitrogen and oxygen atoms in total. The summed E-state index contributed by atoms with van der Waals surface area (Å²) in [6.45, 7) is 8.13. The summed E-state index contributed by atoms with van der Waals surface area (Å²) in [5, 5.41) is 9.89. The molecule has 114 valence electrons. The van der Waals surface area contributed by atoms with Gasteiger partial charge in [-0.05, 0) is 6.42 Å². The zero-order chi connectivity index (χ0) is 15.1. The molecule has 0 fully saturated rings. The molecule has 2 heterocycles. The van der Waals surface area contributed by atoms with E-state index in [9.17, 15) is 0 Å². The van der Waals surface area contributed by atoms with Crippen molar-refractivity contribution in [3.8, 4) is 0 Å². The summed E-state index contributed by atoms with van der Waals surface area (Å²) in [7, 11) is 0. The SMILES string of the molecule is CCCNc1cc(NCC(C)c2nccs2)nc(CC)n1. The van der Waals surface area contributed by atoms with Crippen molar-refractivity contribution in [2.24, 2.45) is 0 Å². The lowest BCUT2D eigenvalue weighted by molar-refractivity contribution is 0.788. The number of nitrogens with one attached hydrogen (secondary N) is 2. The molecule has 0 aliphatic carbocycles. The Morgan fingerprint density at radius 3 is 2.57 bits per heavy atom. The van der Waals surface area contributed by atoms with Crippen molar-refractivity contribution in [1.29, 1.82) is 0 Å². The number of hydrogen-bond acceptors (Lipinski definition) is 6. The van der Waals surface area contributed by atoms with Gasteiger partial charge in [0.2, 0.25) is 0 Å². The predicted octanol–water partition coefficient (Wildman–Crippen LogP) is 3.53. The van der Waals surface area contributed by atoms with Crippen LogP contribution in [-0.4, -0.2) is 28.0 Å². The van der Waals surface area contributed by atoms with Crippen molar-refractivity contribution in [3.63, 3.8) is 0 Å². The molecule has 0 spiro atoms. The van der Waals surface area contributed by atoms with Crippen LogP contribution in [0.5, 0.6) is 0 Å². The quantitative estimate of drug-likeness (QED) is 0.781. The molecular weight excluding hydrogens is 282 g/mol. The molecule has 0 saturated carbocycles. The molecule has 0 aliphatic rings. The van der Waals surface area contributed by atoms with Crippen molar-refractivity contribution in [3.05, 3.63) is 28.5 Å². The van der Waals surface area contributed by atoms with Crippen molar-refractivity contribution in [2.45, 2.75) is 39.5 Å². The van der Waals surface area contributed by atoms with E-state index in [1.165, 1.54) is 0 Å². The molecule has 6 heteroatoms. The van der Waals surface area contributed by atoms with Crippen molar-refractivity contribution in [1.82, 2.24) is 15.0 Å². The van der Waals surface area contributed by atoms with E-state index >= 15 is 0 Å². The maximum absolute atomic E-state index is 4.53. The molecule has 0 radical (unpaired) electrons. The summed E-state index contributed by atoms with van der Waals surface area (Å²) < 4.78 is 0. The number of thiazole rings is 1. The number of nitrogens with zero attached hydrogens (tertiary/aromatic N) is 3. The van der Waals surface area contributed by atoms with Crippen molar-refractivity contribution < 1.29 is 0 Å². The fourth-order valence-corrected chi connectivity index (χ4v) is 2.61. The van der Waals surface area contributed by atoms with Crippen molar-refractivity contribution >= 4 is 23.0 Å². The highest BCUT2D eigenvalue weighted by Gasteiger charge is 2.09. The van der Waals surface area contributed by atoms with Gasteiger partial charge in [0.1, 0.15) is 17.5 Å². The highest BCUT2D eigenvalue weighted by atomic mass is 32.1. The minimum Gasteiger partial charge on any atom is -0.370 e. The average molecular weight is 305 g/mol. The molecule has 21 heavy (non-hydrogen) atoms. The second-order valence-electron chi connectivity index (χ2n) is 4.99. The molecule has 1 atom stereocenters. The van der Waals surface area contributed by atoms with Crippen LogP contribution in [0.3, 0.4) is 0 Å². The third-order valence-electron chi connectivity index (χ3n) is 3.11. The summed E-state index contributed by atoms with van der Waals surface area (Å²) in [6.07, 6.45) is 3.76. The van der Waals surface area contributed by atoms with E-state index in [0.717, 1.165) is 48.4 Å². The van der Waals surface area contributed by atoms with Gasteiger partial charge in [-0.25, -0.2) is 15.0 Å². The average Bonchev–Trinajstić information content (AvgIpc) is 3.04. The first kappa shape index (κ1) is 15.7. The van der Waals surface area contributed by atoms with Gasteiger partial charge in [0.05, 0.1) is 5.01 Å². The van der Waals surface area contributed by atoms with Gasteiger partial charge in [0, 0.05) is 43.1 Å². The lowest BCUT2D eigenvalue weighted by Gasteiger charge is -2.13. The lowest BCUT2D eigenvalue weighted by atomic mass is 10.2. The van der Waals surface area contributed by atoms with Gasteiger partial charge in [-0.2, -0.15) is 0 Å². The number of aryl methyl sites for hydroxylation is 1. The minimum absolute atomic E-state index is 0.372. The number of aromatic nitrogens is 3. The first-order valence-electron chi connectivity index (χ1n) is 7.48. The summed E-state index contributed by atoms with van der Waals surface area (Å²) in [5.41, 5.74) is 0. The minimum atomic E-state index is 0.372. The first-order valence-corrected chi connectivity index (χ1v) is 8.36. The third-order valence-corrected chi connectivity index (χ3v) is 4.11. The Hall–Kier alpha value is -1.69. The van der Waals surface area contributed by atoms with Crippen LogP contribution in [0.25, 0.3) is 0 Å². The number of anilines is 2. The van der Waals surface area contributed by atoms with E-state index in [1.54, 1.807) is 11.3 Å². The Kier molecular flexibility index (Phi) is 5.92. The zero-order valence-electron chi connectivity index (χ0n) is 12.9.